The average molecular weight is 336 g/mol. The van der Waals surface area contributed by atoms with Crippen molar-refractivity contribution >= 4 is 11.4 Å². The molecule has 0 atom stereocenters. The van der Waals surface area contributed by atoms with Crippen LogP contribution in [0.1, 0.15) is 45.5 Å². The first-order valence-electron chi connectivity index (χ1n) is 8.79. The molecule has 0 saturated heterocycles. The Balaban J connectivity index is 1.85. The number of Topliss-reactive ketones (excluding diaryl/α,β-unsaturated/α-hetero) is 1. The highest BCUT2D eigenvalue weighted by molar-refractivity contribution is 6.03. The molecule has 0 N–H and O–H groups in total. The van der Waals surface area contributed by atoms with E-state index < -0.39 is 0 Å². The first-order valence-corrected chi connectivity index (χ1v) is 8.79. The van der Waals surface area contributed by atoms with E-state index in [1.54, 1.807) is 0 Å². The normalized spacial score (nSPS) is 16.8. The van der Waals surface area contributed by atoms with Crippen LogP contribution in [-0.2, 0) is 11.2 Å². The summed E-state index contributed by atoms with van der Waals surface area (Å²) in [5.74, 6) is -0.464. The van der Waals surface area contributed by atoms with E-state index in [0.29, 0.717) is 25.0 Å². The highest BCUT2D eigenvalue weighted by Crippen LogP contribution is 2.38. The van der Waals surface area contributed by atoms with Gasteiger partial charge in [-0.05, 0) is 71.7 Å². The Hall–Kier alpha value is -2.26. The molecule has 0 unspecified atom stereocenters. The molecule has 4 rings (SSSR count). The van der Waals surface area contributed by atoms with Gasteiger partial charge in [0, 0.05) is 6.42 Å². The van der Waals surface area contributed by atoms with Gasteiger partial charge >= 0.3 is 0 Å². The third-order valence-electron chi connectivity index (χ3n) is 5.28. The number of halogens is 1. The Morgan fingerprint density at radius 1 is 1.00 bits per heavy atom. The summed E-state index contributed by atoms with van der Waals surface area (Å²) in [7, 11) is 0. The number of carbonyl (C=O) groups is 1. The number of aryl methyl sites for hydroxylation is 2. The molecule has 2 aromatic carbocycles. The van der Waals surface area contributed by atoms with Crippen molar-refractivity contribution in [2.24, 2.45) is 0 Å². The number of hydrogen-bond acceptors (Lipinski definition) is 2. The third-order valence-corrected chi connectivity index (χ3v) is 5.28. The van der Waals surface area contributed by atoms with Crippen molar-refractivity contribution in [3.63, 3.8) is 0 Å². The van der Waals surface area contributed by atoms with Gasteiger partial charge in [0.15, 0.2) is 5.78 Å². The van der Waals surface area contributed by atoms with Crippen LogP contribution in [0.15, 0.2) is 30.3 Å². The highest BCUT2D eigenvalue weighted by atomic mass is 19.1. The van der Waals surface area contributed by atoms with Crippen molar-refractivity contribution in [2.45, 2.75) is 33.1 Å². The van der Waals surface area contributed by atoms with Crippen LogP contribution in [0.3, 0.4) is 0 Å². The Labute approximate surface area is 147 Å². The van der Waals surface area contributed by atoms with Crippen molar-refractivity contribution < 1.29 is 13.9 Å². The molecule has 0 spiro atoms. The monoisotopic (exact) mass is 336 g/mol. The Morgan fingerprint density at radius 3 is 2.44 bits per heavy atom. The van der Waals surface area contributed by atoms with Gasteiger partial charge in [-0.15, -0.1) is 0 Å². The van der Waals surface area contributed by atoms with Crippen LogP contribution in [0, 0.1) is 19.7 Å². The minimum absolute atomic E-state index is 0.0753. The fourth-order valence-corrected chi connectivity index (χ4v) is 4.14. The van der Waals surface area contributed by atoms with Crippen LogP contribution in [0.25, 0.3) is 16.7 Å². The molecule has 3 heteroatoms. The van der Waals surface area contributed by atoms with E-state index in [9.17, 15) is 9.18 Å². The molecule has 2 aliphatic rings. The summed E-state index contributed by atoms with van der Waals surface area (Å²) in [6.07, 6.45) is 4.11. The maximum Gasteiger partial charge on any atom is 0.166 e. The average Bonchev–Trinajstić information content (AvgIpc) is 3.00. The second-order valence-electron chi connectivity index (χ2n) is 6.91. The summed E-state index contributed by atoms with van der Waals surface area (Å²) >= 11 is 0. The largest absolute Gasteiger partial charge is 0.377 e. The van der Waals surface area contributed by atoms with E-state index in [-0.39, 0.29) is 11.6 Å². The quantitative estimate of drug-likeness (QED) is 0.768. The molecule has 25 heavy (non-hydrogen) atoms. The van der Waals surface area contributed by atoms with Gasteiger partial charge < -0.3 is 4.74 Å². The molecule has 0 radical (unpaired) electrons. The van der Waals surface area contributed by atoms with Gasteiger partial charge in [0.05, 0.1) is 18.8 Å². The van der Waals surface area contributed by atoms with Crippen LogP contribution in [0.4, 0.5) is 4.39 Å². The van der Waals surface area contributed by atoms with Gasteiger partial charge in [0.1, 0.15) is 5.82 Å². The van der Waals surface area contributed by atoms with E-state index in [2.05, 4.69) is 32.1 Å². The standard InChI is InChI=1S/C22H21FO2/c1-13-11-16(15-7-9-25-10-8-15)12-14(2)21(13)17-3-5-19(23)22-18(17)4-6-20(22)24/h3,5,7,11-12H,4,6,8-10H2,1-2H3. The second-order valence-corrected chi connectivity index (χ2v) is 6.91. The summed E-state index contributed by atoms with van der Waals surface area (Å²) in [5.41, 5.74) is 8.18. The first-order chi connectivity index (χ1) is 12.1. The van der Waals surface area contributed by atoms with Crippen molar-refractivity contribution in [2.75, 3.05) is 13.2 Å². The first kappa shape index (κ1) is 16.2. The number of benzene rings is 2. The highest BCUT2D eigenvalue weighted by Gasteiger charge is 2.27. The van der Waals surface area contributed by atoms with Crippen LogP contribution in [0.5, 0.6) is 0 Å². The van der Waals surface area contributed by atoms with Gasteiger partial charge in [-0.3, -0.25) is 4.79 Å². The van der Waals surface area contributed by atoms with Gasteiger partial charge in [-0.25, -0.2) is 4.39 Å². The maximum absolute atomic E-state index is 14.1. The molecule has 0 fully saturated rings. The van der Waals surface area contributed by atoms with Gasteiger partial charge in [-0.1, -0.05) is 24.3 Å². The molecule has 1 aliphatic carbocycles. The zero-order valence-corrected chi connectivity index (χ0v) is 14.6. The van der Waals surface area contributed by atoms with E-state index in [0.717, 1.165) is 40.8 Å². The van der Waals surface area contributed by atoms with Crippen LogP contribution in [-0.4, -0.2) is 19.0 Å². The second kappa shape index (κ2) is 6.23. The van der Waals surface area contributed by atoms with Gasteiger partial charge in [0.25, 0.3) is 0 Å². The Morgan fingerprint density at radius 2 is 1.76 bits per heavy atom. The molecule has 1 heterocycles. The van der Waals surface area contributed by atoms with Crippen molar-refractivity contribution in [1.29, 1.82) is 0 Å². The van der Waals surface area contributed by atoms with Crippen LogP contribution in [0.2, 0.25) is 0 Å². The lowest BCUT2D eigenvalue weighted by molar-refractivity contribution is 0.0991. The summed E-state index contributed by atoms with van der Waals surface area (Å²) in [4.78, 5) is 12.0. The Kier molecular flexibility index (Phi) is 4.04. The van der Waals surface area contributed by atoms with E-state index in [4.69, 9.17) is 4.74 Å². The number of carbonyl (C=O) groups excluding carboxylic acids is 1. The number of ketones is 1. The predicted molar refractivity (Wildman–Crippen MR) is 97.4 cm³/mol. The molecule has 128 valence electrons. The van der Waals surface area contributed by atoms with Crippen LogP contribution >= 0.6 is 0 Å². The maximum atomic E-state index is 14.1. The number of ether oxygens (including phenoxy) is 1. The Bertz CT molecular complexity index is 885. The predicted octanol–water partition coefficient (Wildman–Crippen LogP) is 5.04. The lowest BCUT2D eigenvalue weighted by Gasteiger charge is -2.19. The van der Waals surface area contributed by atoms with E-state index >= 15 is 0 Å². The third kappa shape index (κ3) is 2.73. The fourth-order valence-electron chi connectivity index (χ4n) is 4.14. The van der Waals surface area contributed by atoms with Gasteiger partial charge in [0.2, 0.25) is 0 Å². The molecular formula is C22H21FO2. The molecule has 0 bridgehead atoms. The van der Waals surface area contributed by atoms with E-state index in [1.807, 2.05) is 6.07 Å². The van der Waals surface area contributed by atoms with Crippen LogP contribution < -0.4 is 0 Å². The van der Waals surface area contributed by atoms with E-state index in [1.165, 1.54) is 17.2 Å². The number of rotatable bonds is 2. The number of hydrogen-bond donors (Lipinski definition) is 0. The molecular weight excluding hydrogens is 315 g/mol. The lowest BCUT2D eigenvalue weighted by atomic mass is 9.87. The van der Waals surface area contributed by atoms with Gasteiger partial charge in [-0.2, -0.15) is 0 Å². The smallest absolute Gasteiger partial charge is 0.166 e. The SMILES string of the molecule is Cc1cc(C2=CCOCC2)cc(C)c1-c1ccc(F)c2c1CCC2=O. The minimum atomic E-state index is -0.388. The minimum Gasteiger partial charge on any atom is -0.377 e. The lowest BCUT2D eigenvalue weighted by Crippen LogP contribution is -2.05. The summed E-state index contributed by atoms with van der Waals surface area (Å²) in [5, 5.41) is 0. The summed E-state index contributed by atoms with van der Waals surface area (Å²) < 4.78 is 19.5. The topological polar surface area (TPSA) is 26.3 Å². The summed E-state index contributed by atoms with van der Waals surface area (Å²) in [6.45, 7) is 5.62. The van der Waals surface area contributed by atoms with Crippen molar-refractivity contribution in [1.82, 2.24) is 0 Å². The van der Waals surface area contributed by atoms with Crippen molar-refractivity contribution in [3.05, 3.63) is 64.0 Å². The molecule has 0 aromatic heterocycles. The van der Waals surface area contributed by atoms with Crippen molar-refractivity contribution in [3.8, 4) is 11.1 Å². The molecule has 0 amide bonds. The number of fused-ring (bicyclic) bond motifs is 1. The zero-order valence-electron chi connectivity index (χ0n) is 14.6. The molecule has 2 aromatic rings. The fraction of sp³-hybridized carbons (Fsp3) is 0.318. The summed E-state index contributed by atoms with van der Waals surface area (Å²) in [6, 6.07) is 7.67. The molecule has 0 saturated carbocycles. The molecule has 1 aliphatic heterocycles. The molecule has 2 nitrogen and oxygen atoms in total. The zero-order chi connectivity index (χ0) is 17.6.